The molecular weight excluding hydrogens is 124 g/mol. The summed E-state index contributed by atoms with van der Waals surface area (Å²) in [5, 5.41) is 3.50. The Kier molecular flexibility index (Phi) is 2.69. The van der Waals surface area contributed by atoms with Gasteiger partial charge in [-0.2, -0.15) is 0 Å². The Hall–Kier alpha value is -0.0800. The average Bonchev–Trinajstić information content (AvgIpc) is 1.88. The monoisotopic (exact) mass is 142 g/mol. The highest BCUT2D eigenvalue weighted by Gasteiger charge is 2.22. The predicted molar refractivity (Wildman–Crippen MR) is 43.8 cm³/mol. The van der Waals surface area contributed by atoms with Gasteiger partial charge in [0.1, 0.15) is 0 Å². The zero-order chi connectivity index (χ0) is 7.56. The van der Waals surface area contributed by atoms with Crippen molar-refractivity contribution in [2.24, 2.45) is 11.7 Å². The Morgan fingerprint density at radius 2 is 2.10 bits per heavy atom. The first-order chi connectivity index (χ1) is 4.74. The zero-order valence-corrected chi connectivity index (χ0v) is 6.93. The molecule has 1 heterocycles. The van der Waals surface area contributed by atoms with E-state index in [4.69, 9.17) is 5.73 Å². The highest BCUT2D eigenvalue weighted by molar-refractivity contribution is 4.82. The fourth-order valence-electron chi connectivity index (χ4n) is 1.70. The standard InChI is InChI=1S/C8H18N2/c1-6-3-4-8(5-9)7(2)10-6/h6-8,10H,3-5,9H2,1-2H3. The third kappa shape index (κ3) is 1.70. The Balaban J connectivity index is 2.36. The van der Waals surface area contributed by atoms with Gasteiger partial charge in [0.25, 0.3) is 0 Å². The maximum absolute atomic E-state index is 5.60. The number of hydrogen-bond donors (Lipinski definition) is 2. The van der Waals surface area contributed by atoms with Crippen molar-refractivity contribution in [3.63, 3.8) is 0 Å². The minimum absolute atomic E-state index is 0.619. The van der Waals surface area contributed by atoms with Crippen LogP contribution in [0.25, 0.3) is 0 Å². The van der Waals surface area contributed by atoms with E-state index in [9.17, 15) is 0 Å². The van der Waals surface area contributed by atoms with Crippen LogP contribution in [0.5, 0.6) is 0 Å². The van der Waals surface area contributed by atoms with Crippen LogP contribution in [0.1, 0.15) is 26.7 Å². The van der Waals surface area contributed by atoms with E-state index >= 15 is 0 Å². The van der Waals surface area contributed by atoms with Gasteiger partial charge in [-0.3, -0.25) is 0 Å². The second-order valence-corrected chi connectivity index (χ2v) is 3.43. The normalized spacial score (nSPS) is 41.7. The van der Waals surface area contributed by atoms with Gasteiger partial charge in [0, 0.05) is 12.1 Å². The minimum atomic E-state index is 0.619. The van der Waals surface area contributed by atoms with Gasteiger partial charge in [-0.25, -0.2) is 0 Å². The van der Waals surface area contributed by atoms with Gasteiger partial charge in [-0.05, 0) is 39.2 Å². The Morgan fingerprint density at radius 1 is 1.40 bits per heavy atom. The summed E-state index contributed by atoms with van der Waals surface area (Å²) in [6, 6.07) is 1.31. The molecule has 3 unspecified atom stereocenters. The summed E-state index contributed by atoms with van der Waals surface area (Å²) in [5.41, 5.74) is 5.60. The van der Waals surface area contributed by atoms with Crippen LogP contribution in [-0.4, -0.2) is 18.6 Å². The lowest BCUT2D eigenvalue weighted by molar-refractivity contribution is 0.258. The molecule has 1 aliphatic heterocycles. The molecule has 1 fully saturated rings. The summed E-state index contributed by atoms with van der Waals surface area (Å²) < 4.78 is 0. The first-order valence-electron chi connectivity index (χ1n) is 4.20. The van der Waals surface area contributed by atoms with Crippen molar-refractivity contribution in [2.75, 3.05) is 6.54 Å². The highest BCUT2D eigenvalue weighted by atomic mass is 15.0. The van der Waals surface area contributed by atoms with Crippen LogP contribution in [0.4, 0.5) is 0 Å². The van der Waals surface area contributed by atoms with Crippen LogP contribution in [0.3, 0.4) is 0 Å². The van der Waals surface area contributed by atoms with Gasteiger partial charge in [0.2, 0.25) is 0 Å². The van der Waals surface area contributed by atoms with Gasteiger partial charge < -0.3 is 11.1 Å². The van der Waals surface area contributed by atoms with Crippen LogP contribution in [0.15, 0.2) is 0 Å². The van der Waals surface area contributed by atoms with Crippen molar-refractivity contribution >= 4 is 0 Å². The molecule has 1 rings (SSSR count). The number of piperidine rings is 1. The van der Waals surface area contributed by atoms with Gasteiger partial charge in [-0.1, -0.05) is 0 Å². The summed E-state index contributed by atoms with van der Waals surface area (Å²) in [4.78, 5) is 0. The van der Waals surface area contributed by atoms with Crippen LogP contribution >= 0.6 is 0 Å². The summed E-state index contributed by atoms with van der Waals surface area (Å²) in [5.74, 6) is 0.705. The molecule has 0 amide bonds. The third-order valence-electron chi connectivity index (χ3n) is 2.53. The molecule has 0 aromatic rings. The minimum Gasteiger partial charge on any atom is -0.330 e. The number of nitrogens with one attached hydrogen (secondary N) is 1. The topological polar surface area (TPSA) is 38.0 Å². The van der Waals surface area contributed by atoms with Crippen molar-refractivity contribution in [2.45, 2.75) is 38.8 Å². The van der Waals surface area contributed by atoms with Gasteiger partial charge in [0.15, 0.2) is 0 Å². The first kappa shape index (κ1) is 8.02. The van der Waals surface area contributed by atoms with E-state index in [-0.39, 0.29) is 0 Å². The van der Waals surface area contributed by atoms with E-state index in [1.807, 2.05) is 0 Å². The van der Waals surface area contributed by atoms with E-state index in [0.717, 1.165) is 6.54 Å². The van der Waals surface area contributed by atoms with Crippen molar-refractivity contribution in [1.29, 1.82) is 0 Å². The van der Waals surface area contributed by atoms with Crippen molar-refractivity contribution in [1.82, 2.24) is 5.32 Å². The lowest BCUT2D eigenvalue weighted by Gasteiger charge is -2.33. The number of hydrogen-bond acceptors (Lipinski definition) is 2. The molecular formula is C8H18N2. The molecule has 0 aromatic heterocycles. The number of nitrogens with two attached hydrogens (primary N) is 1. The largest absolute Gasteiger partial charge is 0.330 e. The molecule has 1 saturated heterocycles. The molecule has 3 atom stereocenters. The molecule has 0 aromatic carbocycles. The van der Waals surface area contributed by atoms with Crippen molar-refractivity contribution in [3.8, 4) is 0 Å². The molecule has 0 radical (unpaired) electrons. The molecule has 1 aliphatic rings. The molecule has 0 aliphatic carbocycles. The smallest absolute Gasteiger partial charge is 0.00815 e. The van der Waals surface area contributed by atoms with Gasteiger partial charge >= 0.3 is 0 Å². The first-order valence-corrected chi connectivity index (χ1v) is 4.20. The lowest BCUT2D eigenvalue weighted by Crippen LogP contribution is -2.46. The predicted octanol–water partition coefficient (Wildman–Crippen LogP) is 0.722. The number of rotatable bonds is 1. The molecule has 0 bridgehead atoms. The van der Waals surface area contributed by atoms with Crippen molar-refractivity contribution in [3.05, 3.63) is 0 Å². The fourth-order valence-corrected chi connectivity index (χ4v) is 1.70. The van der Waals surface area contributed by atoms with Crippen LogP contribution < -0.4 is 11.1 Å². The van der Waals surface area contributed by atoms with Gasteiger partial charge in [0.05, 0.1) is 0 Å². The molecule has 2 nitrogen and oxygen atoms in total. The molecule has 3 N–H and O–H groups in total. The van der Waals surface area contributed by atoms with E-state index in [1.165, 1.54) is 12.8 Å². The Bertz CT molecular complexity index is 103. The second kappa shape index (κ2) is 3.35. The summed E-state index contributed by atoms with van der Waals surface area (Å²) >= 11 is 0. The van der Waals surface area contributed by atoms with E-state index in [2.05, 4.69) is 19.2 Å². The molecule has 0 spiro atoms. The van der Waals surface area contributed by atoms with E-state index in [0.29, 0.717) is 18.0 Å². The molecule has 60 valence electrons. The maximum atomic E-state index is 5.60. The molecule has 2 heteroatoms. The SMILES string of the molecule is CC1CCC(CN)C(C)N1. The zero-order valence-electron chi connectivity index (χ0n) is 6.93. The Labute approximate surface area is 63.2 Å². The lowest BCUT2D eigenvalue weighted by atomic mass is 9.89. The summed E-state index contributed by atoms with van der Waals surface area (Å²) in [7, 11) is 0. The second-order valence-electron chi connectivity index (χ2n) is 3.43. The maximum Gasteiger partial charge on any atom is 0.00815 e. The fraction of sp³-hybridized carbons (Fsp3) is 1.00. The quantitative estimate of drug-likeness (QED) is 0.566. The summed E-state index contributed by atoms with van der Waals surface area (Å²) in [6.07, 6.45) is 2.58. The third-order valence-corrected chi connectivity index (χ3v) is 2.53. The molecule has 0 saturated carbocycles. The van der Waals surface area contributed by atoms with Crippen molar-refractivity contribution < 1.29 is 0 Å². The van der Waals surface area contributed by atoms with Crippen LogP contribution in [-0.2, 0) is 0 Å². The molecule has 10 heavy (non-hydrogen) atoms. The highest BCUT2D eigenvalue weighted by Crippen LogP contribution is 2.17. The van der Waals surface area contributed by atoms with Crippen LogP contribution in [0, 0.1) is 5.92 Å². The van der Waals surface area contributed by atoms with Gasteiger partial charge in [-0.15, -0.1) is 0 Å². The summed E-state index contributed by atoms with van der Waals surface area (Å²) in [6.45, 7) is 5.30. The Morgan fingerprint density at radius 3 is 2.60 bits per heavy atom. The average molecular weight is 142 g/mol. The van der Waals surface area contributed by atoms with E-state index < -0.39 is 0 Å². The van der Waals surface area contributed by atoms with E-state index in [1.54, 1.807) is 0 Å². The van der Waals surface area contributed by atoms with Crippen LogP contribution in [0.2, 0.25) is 0 Å².